The molecule has 1 aromatic carbocycles. The molecule has 7 heteroatoms. The fourth-order valence-corrected chi connectivity index (χ4v) is 3.66. The van der Waals surface area contributed by atoms with Crippen LogP contribution in [0.2, 0.25) is 5.15 Å². The van der Waals surface area contributed by atoms with Crippen molar-refractivity contribution >= 4 is 33.5 Å². The van der Waals surface area contributed by atoms with Gasteiger partial charge in [-0.05, 0) is 38.1 Å². The van der Waals surface area contributed by atoms with Crippen LogP contribution in [0.4, 0.5) is 0 Å². The first kappa shape index (κ1) is 17.7. The van der Waals surface area contributed by atoms with Gasteiger partial charge in [-0.2, -0.15) is 5.10 Å². The Bertz CT molecular complexity index is 1180. The SMILES string of the molecule is COc1c(-c2ccc3nc(Cl)cc(C(C)O)c3n2)cc2cn(C)nc2c1C. The minimum atomic E-state index is -0.708. The van der Waals surface area contributed by atoms with Crippen LogP contribution >= 0.6 is 11.6 Å². The number of rotatable bonds is 3. The number of hydrogen-bond acceptors (Lipinski definition) is 5. The molecule has 0 amide bonds. The number of methoxy groups -OCH3 is 1. The quantitative estimate of drug-likeness (QED) is 0.537. The van der Waals surface area contributed by atoms with E-state index in [-0.39, 0.29) is 0 Å². The van der Waals surface area contributed by atoms with Crippen molar-refractivity contribution in [2.24, 2.45) is 7.05 Å². The van der Waals surface area contributed by atoms with Crippen molar-refractivity contribution in [3.63, 3.8) is 0 Å². The van der Waals surface area contributed by atoms with Crippen LogP contribution in [-0.2, 0) is 7.05 Å². The smallest absolute Gasteiger partial charge is 0.133 e. The standard InChI is InChI=1S/C20H19ClN4O2/c1-10-18-12(9-25(3)24-18)7-14(20(10)27-4)15-5-6-16-19(23-15)13(11(2)26)8-17(21)22-16/h5-9,11,26H,1-4H3. The summed E-state index contributed by atoms with van der Waals surface area (Å²) >= 11 is 6.08. The maximum Gasteiger partial charge on any atom is 0.133 e. The highest BCUT2D eigenvalue weighted by atomic mass is 35.5. The summed E-state index contributed by atoms with van der Waals surface area (Å²) in [5, 5.41) is 16.0. The number of nitrogens with zero attached hydrogens (tertiary/aromatic N) is 4. The molecule has 1 unspecified atom stereocenters. The number of aromatic nitrogens is 4. The van der Waals surface area contributed by atoms with Crippen molar-refractivity contribution in [1.29, 1.82) is 0 Å². The van der Waals surface area contributed by atoms with Crippen molar-refractivity contribution in [1.82, 2.24) is 19.7 Å². The van der Waals surface area contributed by atoms with Crippen molar-refractivity contribution in [2.45, 2.75) is 20.0 Å². The van der Waals surface area contributed by atoms with E-state index < -0.39 is 6.10 Å². The maximum absolute atomic E-state index is 10.1. The molecule has 0 aliphatic heterocycles. The molecule has 0 bridgehead atoms. The first-order chi connectivity index (χ1) is 12.9. The van der Waals surface area contributed by atoms with Gasteiger partial charge >= 0.3 is 0 Å². The number of aryl methyl sites for hydroxylation is 2. The molecule has 0 saturated heterocycles. The lowest BCUT2D eigenvalue weighted by molar-refractivity contribution is 0.200. The summed E-state index contributed by atoms with van der Waals surface area (Å²) in [7, 11) is 3.54. The third-order valence-electron chi connectivity index (χ3n) is 4.68. The van der Waals surface area contributed by atoms with Gasteiger partial charge in [0.2, 0.25) is 0 Å². The number of fused-ring (bicyclic) bond motifs is 2. The van der Waals surface area contributed by atoms with Crippen LogP contribution < -0.4 is 4.74 Å². The second kappa shape index (κ2) is 6.48. The molecule has 0 saturated carbocycles. The van der Waals surface area contributed by atoms with E-state index in [2.05, 4.69) is 10.1 Å². The Kier molecular flexibility index (Phi) is 4.25. The van der Waals surface area contributed by atoms with E-state index in [9.17, 15) is 5.11 Å². The molecule has 27 heavy (non-hydrogen) atoms. The Labute approximate surface area is 161 Å². The van der Waals surface area contributed by atoms with Gasteiger partial charge in [-0.25, -0.2) is 9.97 Å². The predicted octanol–water partition coefficient (Wildman–Crippen LogP) is 4.21. The second-order valence-corrected chi connectivity index (χ2v) is 6.98. The van der Waals surface area contributed by atoms with E-state index in [1.165, 1.54) is 0 Å². The number of aliphatic hydroxyl groups is 1. The summed E-state index contributed by atoms with van der Waals surface area (Å²) in [5.74, 6) is 0.730. The highest BCUT2D eigenvalue weighted by molar-refractivity contribution is 6.29. The zero-order valence-corrected chi connectivity index (χ0v) is 16.2. The molecule has 6 nitrogen and oxygen atoms in total. The Morgan fingerprint density at radius 1 is 1.19 bits per heavy atom. The molecular formula is C20H19ClN4O2. The normalized spacial score (nSPS) is 12.7. The minimum Gasteiger partial charge on any atom is -0.496 e. The van der Waals surface area contributed by atoms with E-state index in [1.54, 1.807) is 24.8 Å². The zero-order chi connectivity index (χ0) is 19.3. The van der Waals surface area contributed by atoms with Gasteiger partial charge in [-0.3, -0.25) is 4.68 Å². The summed E-state index contributed by atoms with van der Waals surface area (Å²) in [6, 6.07) is 7.42. The largest absolute Gasteiger partial charge is 0.496 e. The van der Waals surface area contributed by atoms with Crippen molar-refractivity contribution in [3.8, 4) is 17.0 Å². The molecule has 0 fully saturated rings. The van der Waals surface area contributed by atoms with Crippen molar-refractivity contribution < 1.29 is 9.84 Å². The third kappa shape index (κ3) is 2.91. The van der Waals surface area contributed by atoms with Gasteiger partial charge in [0.15, 0.2) is 0 Å². The lowest BCUT2D eigenvalue weighted by Crippen LogP contribution is -1.99. The molecule has 1 N–H and O–H groups in total. The van der Waals surface area contributed by atoms with Gasteiger partial charge < -0.3 is 9.84 Å². The Hall–Kier alpha value is -2.70. The van der Waals surface area contributed by atoms with Crippen LogP contribution in [0, 0.1) is 6.92 Å². The van der Waals surface area contributed by atoms with E-state index in [1.807, 2.05) is 38.4 Å². The number of pyridine rings is 2. The average molecular weight is 383 g/mol. The molecule has 3 aromatic heterocycles. The molecule has 4 aromatic rings. The number of benzene rings is 1. The summed E-state index contributed by atoms with van der Waals surface area (Å²) < 4.78 is 7.47. The topological polar surface area (TPSA) is 73.1 Å². The first-order valence-corrected chi connectivity index (χ1v) is 8.93. The minimum absolute atomic E-state index is 0.332. The summed E-state index contributed by atoms with van der Waals surface area (Å²) in [4.78, 5) is 9.10. The highest BCUT2D eigenvalue weighted by Gasteiger charge is 2.18. The second-order valence-electron chi connectivity index (χ2n) is 6.60. The Balaban J connectivity index is 2.02. The van der Waals surface area contributed by atoms with Crippen LogP contribution in [0.5, 0.6) is 5.75 Å². The highest BCUT2D eigenvalue weighted by Crippen LogP contribution is 2.38. The van der Waals surface area contributed by atoms with E-state index in [0.29, 0.717) is 21.7 Å². The lowest BCUT2D eigenvalue weighted by atomic mass is 10.0. The van der Waals surface area contributed by atoms with Gasteiger partial charge in [0, 0.05) is 35.3 Å². The van der Waals surface area contributed by atoms with Crippen LogP contribution in [-0.4, -0.2) is 32.0 Å². The van der Waals surface area contributed by atoms with E-state index in [4.69, 9.17) is 21.3 Å². The third-order valence-corrected chi connectivity index (χ3v) is 4.87. The Morgan fingerprint density at radius 3 is 2.67 bits per heavy atom. The fraction of sp³-hybridized carbons (Fsp3) is 0.250. The van der Waals surface area contributed by atoms with Crippen LogP contribution in [0.3, 0.4) is 0 Å². The van der Waals surface area contributed by atoms with Gasteiger partial charge in [0.1, 0.15) is 10.9 Å². The first-order valence-electron chi connectivity index (χ1n) is 8.55. The van der Waals surface area contributed by atoms with Crippen LogP contribution in [0.1, 0.15) is 24.2 Å². The number of hydrogen-bond donors (Lipinski definition) is 1. The van der Waals surface area contributed by atoms with Gasteiger partial charge in [-0.1, -0.05) is 11.6 Å². The number of ether oxygens (including phenoxy) is 1. The molecule has 0 radical (unpaired) electrons. The Morgan fingerprint density at radius 2 is 1.96 bits per heavy atom. The summed E-state index contributed by atoms with van der Waals surface area (Å²) in [6.45, 7) is 3.67. The summed E-state index contributed by atoms with van der Waals surface area (Å²) in [5.41, 5.74) is 5.36. The fourth-order valence-electron chi connectivity index (χ4n) is 3.45. The van der Waals surface area contributed by atoms with E-state index >= 15 is 0 Å². The van der Waals surface area contributed by atoms with Gasteiger partial charge in [0.25, 0.3) is 0 Å². The summed E-state index contributed by atoms with van der Waals surface area (Å²) in [6.07, 6.45) is 1.26. The van der Waals surface area contributed by atoms with Crippen molar-refractivity contribution in [3.05, 3.63) is 46.7 Å². The number of halogens is 1. The van der Waals surface area contributed by atoms with E-state index in [0.717, 1.165) is 33.5 Å². The molecule has 1 atom stereocenters. The molecule has 3 heterocycles. The molecule has 138 valence electrons. The zero-order valence-electron chi connectivity index (χ0n) is 15.5. The predicted molar refractivity (Wildman–Crippen MR) is 106 cm³/mol. The number of aliphatic hydroxyl groups excluding tert-OH is 1. The van der Waals surface area contributed by atoms with Crippen LogP contribution in [0.25, 0.3) is 33.2 Å². The lowest BCUT2D eigenvalue weighted by Gasteiger charge is -2.14. The van der Waals surface area contributed by atoms with Gasteiger partial charge in [-0.15, -0.1) is 0 Å². The molecule has 0 spiro atoms. The average Bonchev–Trinajstić information content (AvgIpc) is 3.01. The van der Waals surface area contributed by atoms with Gasteiger partial charge in [0.05, 0.1) is 35.5 Å². The maximum atomic E-state index is 10.1. The molecule has 4 rings (SSSR count). The monoisotopic (exact) mass is 382 g/mol. The van der Waals surface area contributed by atoms with Crippen LogP contribution in [0.15, 0.2) is 30.5 Å². The molecule has 0 aliphatic carbocycles. The molecular weight excluding hydrogens is 364 g/mol. The molecule has 0 aliphatic rings. The van der Waals surface area contributed by atoms with Crippen molar-refractivity contribution in [2.75, 3.05) is 7.11 Å².